The van der Waals surface area contributed by atoms with Gasteiger partial charge in [0.2, 0.25) is 5.91 Å². The summed E-state index contributed by atoms with van der Waals surface area (Å²) >= 11 is 0. The van der Waals surface area contributed by atoms with E-state index in [1.165, 1.54) is 0 Å². The van der Waals surface area contributed by atoms with E-state index in [0.717, 1.165) is 24.2 Å². The van der Waals surface area contributed by atoms with Crippen molar-refractivity contribution in [2.45, 2.75) is 45.7 Å². The minimum Gasteiger partial charge on any atom is -0.348 e. The van der Waals surface area contributed by atoms with Crippen LogP contribution in [0.15, 0.2) is 36.7 Å². The van der Waals surface area contributed by atoms with Gasteiger partial charge in [-0.15, -0.1) is 0 Å². The van der Waals surface area contributed by atoms with Crippen molar-refractivity contribution in [3.05, 3.63) is 47.8 Å². The van der Waals surface area contributed by atoms with Crippen molar-refractivity contribution in [1.82, 2.24) is 15.1 Å². The fraction of sp³-hybridized carbons (Fsp3) is 0.421. The average Bonchev–Trinajstić information content (AvgIpc) is 3.22. The van der Waals surface area contributed by atoms with Gasteiger partial charge in [-0.25, -0.2) is 0 Å². The normalized spacial score (nSPS) is 14.8. The smallest absolute Gasteiger partial charge is 0.254 e. The summed E-state index contributed by atoms with van der Waals surface area (Å²) in [4.78, 5) is 25.8. The Hall–Kier alpha value is -2.63. The number of hydrogen-bond donors (Lipinski definition) is 1. The van der Waals surface area contributed by atoms with Gasteiger partial charge in [0.05, 0.1) is 17.3 Å². The maximum atomic E-state index is 12.3. The van der Waals surface area contributed by atoms with Gasteiger partial charge in [-0.2, -0.15) is 5.10 Å². The number of carbonyl (C=O) groups excluding carboxylic acids is 2. The van der Waals surface area contributed by atoms with E-state index in [9.17, 15) is 9.59 Å². The van der Waals surface area contributed by atoms with Crippen LogP contribution in [0.5, 0.6) is 0 Å². The first kappa shape index (κ1) is 17.2. The van der Waals surface area contributed by atoms with Crippen LogP contribution < -0.4 is 10.2 Å². The average molecular weight is 340 g/mol. The van der Waals surface area contributed by atoms with E-state index in [1.807, 2.05) is 49.9 Å². The number of aromatic nitrogens is 2. The zero-order chi connectivity index (χ0) is 18.0. The highest BCUT2D eigenvalue weighted by molar-refractivity contribution is 5.95. The molecule has 6 heteroatoms. The molecular formula is C19H24N4O2. The van der Waals surface area contributed by atoms with Crippen LogP contribution >= 0.6 is 0 Å². The largest absolute Gasteiger partial charge is 0.348 e. The summed E-state index contributed by atoms with van der Waals surface area (Å²) in [5, 5.41) is 7.15. The minimum atomic E-state index is -0.151. The third kappa shape index (κ3) is 3.90. The maximum Gasteiger partial charge on any atom is 0.254 e. The Morgan fingerprint density at radius 1 is 1.24 bits per heavy atom. The Labute approximate surface area is 147 Å². The monoisotopic (exact) mass is 340 g/mol. The van der Waals surface area contributed by atoms with Crippen molar-refractivity contribution < 1.29 is 9.59 Å². The molecule has 1 aliphatic heterocycles. The second-order valence-corrected chi connectivity index (χ2v) is 7.34. The van der Waals surface area contributed by atoms with Crippen molar-refractivity contribution in [3.63, 3.8) is 0 Å². The first-order chi connectivity index (χ1) is 11.8. The molecule has 0 spiro atoms. The van der Waals surface area contributed by atoms with Gasteiger partial charge >= 0.3 is 0 Å². The number of anilines is 1. The zero-order valence-corrected chi connectivity index (χ0v) is 15.0. The number of nitrogens with one attached hydrogen (secondary N) is 1. The van der Waals surface area contributed by atoms with E-state index in [-0.39, 0.29) is 17.4 Å². The van der Waals surface area contributed by atoms with Gasteiger partial charge in [0.25, 0.3) is 5.91 Å². The second kappa shape index (κ2) is 6.70. The summed E-state index contributed by atoms with van der Waals surface area (Å²) in [5.74, 6) is 0.0335. The fourth-order valence-corrected chi connectivity index (χ4v) is 2.81. The predicted octanol–water partition coefficient (Wildman–Crippen LogP) is 2.69. The Balaban J connectivity index is 1.59. The molecule has 1 N–H and O–H groups in total. The Morgan fingerprint density at radius 3 is 2.52 bits per heavy atom. The molecule has 2 amide bonds. The van der Waals surface area contributed by atoms with Gasteiger partial charge in [0.1, 0.15) is 0 Å². The highest BCUT2D eigenvalue weighted by Gasteiger charge is 2.21. The molecular weight excluding hydrogens is 316 g/mol. The third-order valence-electron chi connectivity index (χ3n) is 4.31. The molecule has 3 rings (SSSR count). The van der Waals surface area contributed by atoms with Crippen molar-refractivity contribution in [3.8, 4) is 0 Å². The van der Waals surface area contributed by atoms with Crippen molar-refractivity contribution in [2.75, 3.05) is 11.4 Å². The van der Waals surface area contributed by atoms with Crippen LogP contribution in [0.4, 0.5) is 5.69 Å². The standard InChI is InChI=1S/C19H24N4O2/c1-19(2,3)23-13-15(12-21-23)18(25)20-11-14-6-8-16(9-7-14)22-10-4-5-17(22)24/h6-9,12-13H,4-5,10-11H2,1-3H3,(H,20,25). The molecule has 25 heavy (non-hydrogen) atoms. The van der Waals surface area contributed by atoms with Gasteiger partial charge in [-0.1, -0.05) is 12.1 Å². The zero-order valence-electron chi connectivity index (χ0n) is 15.0. The highest BCUT2D eigenvalue weighted by Crippen LogP contribution is 2.21. The van der Waals surface area contributed by atoms with Crippen LogP contribution in [-0.2, 0) is 16.9 Å². The van der Waals surface area contributed by atoms with Crippen LogP contribution in [0.2, 0.25) is 0 Å². The minimum absolute atomic E-state index is 0.144. The Kier molecular flexibility index (Phi) is 4.61. The topological polar surface area (TPSA) is 67.2 Å². The maximum absolute atomic E-state index is 12.3. The van der Waals surface area contributed by atoms with Gasteiger partial charge < -0.3 is 10.2 Å². The van der Waals surface area contributed by atoms with Crippen molar-refractivity contribution in [2.24, 2.45) is 0 Å². The molecule has 2 heterocycles. The Bertz CT molecular complexity index is 771. The van der Waals surface area contributed by atoms with E-state index in [0.29, 0.717) is 18.5 Å². The van der Waals surface area contributed by atoms with Crippen molar-refractivity contribution >= 4 is 17.5 Å². The molecule has 1 fully saturated rings. The molecule has 1 aliphatic rings. The second-order valence-electron chi connectivity index (χ2n) is 7.34. The predicted molar refractivity (Wildman–Crippen MR) is 96.4 cm³/mol. The van der Waals surface area contributed by atoms with E-state index in [1.54, 1.807) is 17.1 Å². The molecule has 1 saturated heterocycles. The summed E-state index contributed by atoms with van der Waals surface area (Å²) < 4.78 is 1.78. The molecule has 132 valence electrons. The number of benzene rings is 1. The molecule has 1 aromatic heterocycles. The summed E-state index contributed by atoms with van der Waals surface area (Å²) in [6, 6.07) is 7.75. The van der Waals surface area contributed by atoms with E-state index in [4.69, 9.17) is 0 Å². The number of nitrogens with zero attached hydrogens (tertiary/aromatic N) is 3. The lowest BCUT2D eigenvalue weighted by atomic mass is 10.1. The SMILES string of the molecule is CC(C)(C)n1cc(C(=O)NCc2ccc(N3CCCC3=O)cc2)cn1. The molecule has 0 unspecified atom stereocenters. The molecule has 2 aromatic rings. The lowest BCUT2D eigenvalue weighted by Crippen LogP contribution is -2.24. The third-order valence-corrected chi connectivity index (χ3v) is 4.31. The van der Waals surface area contributed by atoms with Gasteiger partial charge in [-0.05, 0) is 44.9 Å². The molecule has 6 nitrogen and oxygen atoms in total. The van der Waals surface area contributed by atoms with Crippen LogP contribution in [0, 0.1) is 0 Å². The fourth-order valence-electron chi connectivity index (χ4n) is 2.81. The number of amides is 2. The van der Waals surface area contributed by atoms with E-state index < -0.39 is 0 Å². The first-order valence-electron chi connectivity index (χ1n) is 8.57. The highest BCUT2D eigenvalue weighted by atomic mass is 16.2. The van der Waals surface area contributed by atoms with Crippen LogP contribution in [-0.4, -0.2) is 28.1 Å². The lowest BCUT2D eigenvalue weighted by molar-refractivity contribution is -0.117. The van der Waals surface area contributed by atoms with Crippen LogP contribution in [0.3, 0.4) is 0 Å². The summed E-state index contributed by atoms with van der Waals surface area (Å²) in [6.45, 7) is 7.33. The summed E-state index contributed by atoms with van der Waals surface area (Å²) in [7, 11) is 0. The molecule has 0 aliphatic carbocycles. The van der Waals surface area contributed by atoms with Crippen molar-refractivity contribution in [1.29, 1.82) is 0 Å². The van der Waals surface area contributed by atoms with Gasteiger partial charge in [0.15, 0.2) is 0 Å². The summed E-state index contributed by atoms with van der Waals surface area (Å²) in [5.41, 5.74) is 2.31. The molecule has 0 bridgehead atoms. The van der Waals surface area contributed by atoms with E-state index in [2.05, 4.69) is 10.4 Å². The van der Waals surface area contributed by atoms with Gasteiger partial charge in [0, 0.05) is 31.4 Å². The van der Waals surface area contributed by atoms with E-state index >= 15 is 0 Å². The van der Waals surface area contributed by atoms with Crippen LogP contribution in [0.1, 0.15) is 49.5 Å². The molecule has 0 radical (unpaired) electrons. The Morgan fingerprint density at radius 2 is 1.96 bits per heavy atom. The first-order valence-corrected chi connectivity index (χ1v) is 8.57. The molecule has 0 atom stereocenters. The molecule has 0 saturated carbocycles. The molecule has 1 aromatic carbocycles. The number of carbonyl (C=O) groups is 2. The summed E-state index contributed by atoms with van der Waals surface area (Å²) in [6.07, 6.45) is 4.89. The quantitative estimate of drug-likeness (QED) is 0.930. The van der Waals surface area contributed by atoms with Crippen LogP contribution in [0.25, 0.3) is 0 Å². The number of rotatable bonds is 4. The lowest BCUT2D eigenvalue weighted by Gasteiger charge is -2.18. The van der Waals surface area contributed by atoms with Gasteiger partial charge in [-0.3, -0.25) is 14.3 Å². The number of hydrogen-bond acceptors (Lipinski definition) is 3.